The van der Waals surface area contributed by atoms with Gasteiger partial charge < -0.3 is 20.8 Å². The summed E-state index contributed by atoms with van der Waals surface area (Å²) in [5, 5.41) is 26.1. The molecule has 0 radical (unpaired) electrons. The number of aromatic nitrogens is 2. The third-order valence-corrected chi connectivity index (χ3v) is 5.04. The Balaban J connectivity index is 1.60. The molecule has 0 saturated heterocycles. The summed E-state index contributed by atoms with van der Waals surface area (Å²) in [6.45, 7) is 2.01. The third kappa shape index (κ3) is 4.54. The Labute approximate surface area is 137 Å². The van der Waals surface area contributed by atoms with Gasteiger partial charge in [-0.05, 0) is 58.3 Å². The standard InChI is InChI=1S/C17H28N4O2/c1-11-10-18-17(20-13-4-8-15(23)9-5-13)21-16(11)19-12-2-6-14(22)7-3-12/h10,12-15,22-23H,2-9H2,1H3,(H2,18,19,20,21). The number of aryl methyl sites for hydroxylation is 1. The molecule has 0 aromatic carbocycles. The van der Waals surface area contributed by atoms with Crippen LogP contribution in [-0.4, -0.2) is 44.5 Å². The molecule has 1 heterocycles. The van der Waals surface area contributed by atoms with Gasteiger partial charge in [-0.1, -0.05) is 0 Å². The van der Waals surface area contributed by atoms with E-state index in [0.29, 0.717) is 18.0 Å². The molecule has 23 heavy (non-hydrogen) atoms. The summed E-state index contributed by atoms with van der Waals surface area (Å²) in [6, 6.07) is 0.725. The van der Waals surface area contributed by atoms with Crippen molar-refractivity contribution >= 4 is 11.8 Å². The Morgan fingerprint density at radius 2 is 1.39 bits per heavy atom. The lowest BCUT2D eigenvalue weighted by Gasteiger charge is -2.28. The van der Waals surface area contributed by atoms with Crippen molar-refractivity contribution in [2.45, 2.75) is 82.6 Å². The van der Waals surface area contributed by atoms with E-state index in [4.69, 9.17) is 0 Å². The smallest absolute Gasteiger partial charge is 0.224 e. The topological polar surface area (TPSA) is 90.3 Å². The van der Waals surface area contributed by atoms with Gasteiger partial charge in [-0.15, -0.1) is 0 Å². The minimum atomic E-state index is -0.147. The molecular weight excluding hydrogens is 292 g/mol. The minimum Gasteiger partial charge on any atom is -0.393 e. The third-order valence-electron chi connectivity index (χ3n) is 5.04. The number of hydrogen-bond donors (Lipinski definition) is 4. The van der Waals surface area contributed by atoms with Gasteiger partial charge in [0.05, 0.1) is 12.2 Å². The average molecular weight is 320 g/mol. The zero-order valence-electron chi connectivity index (χ0n) is 13.8. The van der Waals surface area contributed by atoms with Crippen LogP contribution in [-0.2, 0) is 0 Å². The van der Waals surface area contributed by atoms with Crippen molar-refractivity contribution < 1.29 is 10.2 Å². The highest BCUT2D eigenvalue weighted by Crippen LogP contribution is 2.24. The van der Waals surface area contributed by atoms with Gasteiger partial charge in [-0.25, -0.2) is 4.98 Å². The van der Waals surface area contributed by atoms with Crippen molar-refractivity contribution in [3.8, 4) is 0 Å². The van der Waals surface area contributed by atoms with Gasteiger partial charge in [-0.2, -0.15) is 4.98 Å². The number of aliphatic hydroxyl groups excluding tert-OH is 2. The average Bonchev–Trinajstić information content (AvgIpc) is 2.55. The maximum absolute atomic E-state index is 9.61. The van der Waals surface area contributed by atoms with Crippen LogP contribution in [0, 0.1) is 6.92 Å². The fourth-order valence-corrected chi connectivity index (χ4v) is 3.47. The van der Waals surface area contributed by atoms with Crippen molar-refractivity contribution in [1.29, 1.82) is 0 Å². The molecule has 3 rings (SSSR count). The fraction of sp³-hybridized carbons (Fsp3) is 0.765. The van der Waals surface area contributed by atoms with E-state index in [2.05, 4.69) is 20.6 Å². The van der Waals surface area contributed by atoms with Crippen LogP contribution in [0.4, 0.5) is 11.8 Å². The lowest BCUT2D eigenvalue weighted by Crippen LogP contribution is -2.30. The highest BCUT2D eigenvalue weighted by atomic mass is 16.3. The second kappa shape index (κ2) is 7.45. The summed E-state index contributed by atoms with van der Waals surface area (Å²) in [6.07, 6.45) is 8.86. The molecule has 0 amide bonds. The number of nitrogens with one attached hydrogen (secondary N) is 2. The molecule has 0 aliphatic heterocycles. The predicted molar refractivity (Wildman–Crippen MR) is 90.5 cm³/mol. The van der Waals surface area contributed by atoms with E-state index in [1.54, 1.807) is 0 Å². The second-order valence-corrected chi connectivity index (χ2v) is 7.02. The molecule has 2 aliphatic carbocycles. The van der Waals surface area contributed by atoms with Crippen molar-refractivity contribution in [1.82, 2.24) is 9.97 Å². The number of nitrogens with zero attached hydrogens (tertiary/aromatic N) is 2. The molecule has 2 saturated carbocycles. The van der Waals surface area contributed by atoms with Crippen LogP contribution in [0.5, 0.6) is 0 Å². The first-order valence-electron chi connectivity index (χ1n) is 8.83. The Bertz CT molecular complexity index is 509. The fourth-order valence-electron chi connectivity index (χ4n) is 3.47. The summed E-state index contributed by atoms with van der Waals surface area (Å²) in [5.41, 5.74) is 1.04. The zero-order chi connectivity index (χ0) is 16.2. The Morgan fingerprint density at radius 1 is 0.870 bits per heavy atom. The first-order chi connectivity index (χ1) is 11.1. The molecule has 0 unspecified atom stereocenters. The van der Waals surface area contributed by atoms with Gasteiger partial charge in [0.15, 0.2) is 0 Å². The van der Waals surface area contributed by atoms with Crippen molar-refractivity contribution in [2.24, 2.45) is 0 Å². The predicted octanol–water partition coefficient (Wildman–Crippen LogP) is 2.22. The van der Waals surface area contributed by atoms with Crippen molar-refractivity contribution in [3.05, 3.63) is 11.8 Å². The molecule has 128 valence electrons. The first-order valence-corrected chi connectivity index (χ1v) is 8.83. The zero-order valence-corrected chi connectivity index (χ0v) is 13.8. The summed E-state index contributed by atoms with van der Waals surface area (Å²) < 4.78 is 0. The quantitative estimate of drug-likeness (QED) is 0.680. The normalized spacial score (nSPS) is 31.6. The van der Waals surface area contributed by atoms with Crippen LogP contribution in [0.25, 0.3) is 0 Å². The van der Waals surface area contributed by atoms with Crippen LogP contribution >= 0.6 is 0 Å². The van der Waals surface area contributed by atoms with Crippen LogP contribution in [0.2, 0.25) is 0 Å². The molecule has 0 atom stereocenters. The van der Waals surface area contributed by atoms with E-state index in [-0.39, 0.29) is 12.2 Å². The molecule has 4 N–H and O–H groups in total. The van der Waals surface area contributed by atoms with E-state index in [0.717, 1.165) is 62.7 Å². The molecule has 0 spiro atoms. The second-order valence-electron chi connectivity index (χ2n) is 7.02. The molecule has 0 bridgehead atoms. The molecule has 1 aromatic rings. The number of aliphatic hydroxyl groups is 2. The van der Waals surface area contributed by atoms with Gasteiger partial charge in [0.1, 0.15) is 5.82 Å². The van der Waals surface area contributed by atoms with Gasteiger partial charge in [0.2, 0.25) is 5.95 Å². The van der Waals surface area contributed by atoms with Gasteiger partial charge >= 0.3 is 0 Å². The maximum Gasteiger partial charge on any atom is 0.224 e. The molecule has 6 heteroatoms. The summed E-state index contributed by atoms with van der Waals surface area (Å²) >= 11 is 0. The highest BCUT2D eigenvalue weighted by Gasteiger charge is 2.22. The first kappa shape index (κ1) is 16.5. The van der Waals surface area contributed by atoms with E-state index in [9.17, 15) is 10.2 Å². The molecule has 1 aromatic heterocycles. The highest BCUT2D eigenvalue weighted by molar-refractivity contribution is 5.47. The lowest BCUT2D eigenvalue weighted by molar-refractivity contribution is 0.125. The lowest BCUT2D eigenvalue weighted by atomic mass is 9.93. The van der Waals surface area contributed by atoms with Crippen LogP contribution in [0.1, 0.15) is 56.9 Å². The van der Waals surface area contributed by atoms with E-state index >= 15 is 0 Å². The Hall–Kier alpha value is -1.40. The SMILES string of the molecule is Cc1cnc(NC2CCC(O)CC2)nc1NC1CCC(O)CC1. The van der Waals surface area contributed by atoms with Crippen LogP contribution in [0.15, 0.2) is 6.20 Å². The molecular formula is C17H28N4O2. The molecule has 2 fully saturated rings. The van der Waals surface area contributed by atoms with Crippen molar-refractivity contribution in [2.75, 3.05) is 10.6 Å². The van der Waals surface area contributed by atoms with Gasteiger partial charge in [0.25, 0.3) is 0 Å². The maximum atomic E-state index is 9.61. The van der Waals surface area contributed by atoms with E-state index in [1.807, 2.05) is 13.1 Å². The molecule has 2 aliphatic rings. The van der Waals surface area contributed by atoms with Crippen LogP contribution < -0.4 is 10.6 Å². The summed E-state index contributed by atoms with van der Waals surface area (Å²) in [5.74, 6) is 1.55. The summed E-state index contributed by atoms with van der Waals surface area (Å²) in [4.78, 5) is 9.03. The number of rotatable bonds is 4. The van der Waals surface area contributed by atoms with E-state index < -0.39 is 0 Å². The largest absolute Gasteiger partial charge is 0.393 e. The summed E-state index contributed by atoms with van der Waals surface area (Å²) in [7, 11) is 0. The monoisotopic (exact) mass is 320 g/mol. The number of anilines is 2. The molecule has 6 nitrogen and oxygen atoms in total. The van der Waals surface area contributed by atoms with Gasteiger partial charge in [-0.3, -0.25) is 0 Å². The van der Waals surface area contributed by atoms with Gasteiger partial charge in [0, 0.05) is 23.8 Å². The Kier molecular flexibility index (Phi) is 5.33. The van der Waals surface area contributed by atoms with E-state index in [1.165, 1.54) is 0 Å². The van der Waals surface area contributed by atoms with Crippen molar-refractivity contribution in [3.63, 3.8) is 0 Å². The number of hydrogen-bond acceptors (Lipinski definition) is 6. The van der Waals surface area contributed by atoms with Crippen LogP contribution in [0.3, 0.4) is 0 Å². The Morgan fingerprint density at radius 3 is 1.96 bits per heavy atom. The minimum absolute atomic E-state index is 0.140.